The van der Waals surface area contributed by atoms with E-state index in [4.69, 9.17) is 17.3 Å². The number of primary amides is 1. The summed E-state index contributed by atoms with van der Waals surface area (Å²) in [5.74, 6) is 1.32. The molecule has 0 aliphatic carbocycles. The molecule has 4 N–H and O–H groups in total. The minimum atomic E-state index is -0.545. The van der Waals surface area contributed by atoms with Crippen molar-refractivity contribution in [1.82, 2.24) is 15.3 Å². The van der Waals surface area contributed by atoms with E-state index in [0.717, 1.165) is 6.42 Å². The molecule has 0 spiro atoms. The molecule has 6 nitrogen and oxygen atoms in total. The van der Waals surface area contributed by atoms with E-state index in [0.29, 0.717) is 29.9 Å². The Kier molecular flexibility index (Phi) is 4.78. The van der Waals surface area contributed by atoms with Crippen LogP contribution in [-0.2, 0) is 6.42 Å². The SMILES string of the molecule is CCc1nc(Cl)cc(NCCNC(N)=O)n1. The minimum absolute atomic E-state index is 0.400. The van der Waals surface area contributed by atoms with Crippen molar-refractivity contribution in [3.8, 4) is 0 Å². The highest BCUT2D eigenvalue weighted by atomic mass is 35.5. The first-order valence-electron chi connectivity index (χ1n) is 4.92. The first-order valence-corrected chi connectivity index (χ1v) is 5.30. The zero-order valence-corrected chi connectivity index (χ0v) is 9.71. The fraction of sp³-hybridized carbons (Fsp3) is 0.444. The molecule has 1 aromatic heterocycles. The molecule has 1 aromatic rings. The quantitative estimate of drug-likeness (QED) is 0.526. The van der Waals surface area contributed by atoms with Gasteiger partial charge in [0.05, 0.1) is 0 Å². The Morgan fingerprint density at radius 2 is 2.25 bits per heavy atom. The molecule has 16 heavy (non-hydrogen) atoms. The van der Waals surface area contributed by atoms with Crippen LogP contribution in [-0.4, -0.2) is 29.1 Å². The lowest BCUT2D eigenvalue weighted by Gasteiger charge is -2.07. The summed E-state index contributed by atoms with van der Waals surface area (Å²) in [7, 11) is 0. The summed E-state index contributed by atoms with van der Waals surface area (Å²) >= 11 is 5.81. The highest BCUT2D eigenvalue weighted by Crippen LogP contribution is 2.11. The normalized spacial score (nSPS) is 9.88. The molecular weight excluding hydrogens is 230 g/mol. The predicted molar refractivity (Wildman–Crippen MR) is 62.5 cm³/mol. The number of halogens is 1. The van der Waals surface area contributed by atoms with Crippen molar-refractivity contribution in [2.24, 2.45) is 5.73 Å². The Labute approximate surface area is 98.6 Å². The number of rotatable bonds is 5. The molecule has 2 amide bonds. The van der Waals surface area contributed by atoms with Gasteiger partial charge in [-0.15, -0.1) is 0 Å². The van der Waals surface area contributed by atoms with Gasteiger partial charge in [0.2, 0.25) is 0 Å². The average Bonchev–Trinajstić information content (AvgIpc) is 2.23. The van der Waals surface area contributed by atoms with Gasteiger partial charge in [0.25, 0.3) is 0 Å². The van der Waals surface area contributed by atoms with Crippen LogP contribution >= 0.6 is 11.6 Å². The lowest BCUT2D eigenvalue weighted by Crippen LogP contribution is -2.33. The number of nitrogens with zero attached hydrogens (tertiary/aromatic N) is 2. The maximum Gasteiger partial charge on any atom is 0.312 e. The maximum absolute atomic E-state index is 10.4. The third kappa shape index (κ3) is 4.31. The van der Waals surface area contributed by atoms with Gasteiger partial charge in [-0.2, -0.15) is 0 Å². The number of nitrogens with two attached hydrogens (primary N) is 1. The summed E-state index contributed by atoms with van der Waals surface area (Å²) in [6.45, 7) is 2.90. The second kappa shape index (κ2) is 6.12. The fourth-order valence-corrected chi connectivity index (χ4v) is 1.29. The number of anilines is 1. The van der Waals surface area contributed by atoms with Crippen LogP contribution in [0, 0.1) is 0 Å². The van der Waals surface area contributed by atoms with Crippen LogP contribution in [0.25, 0.3) is 0 Å². The summed E-state index contributed by atoms with van der Waals surface area (Å²) in [5, 5.41) is 5.87. The largest absolute Gasteiger partial charge is 0.368 e. The number of amides is 2. The molecule has 0 aromatic carbocycles. The van der Waals surface area contributed by atoms with E-state index >= 15 is 0 Å². The van der Waals surface area contributed by atoms with Gasteiger partial charge in [0.1, 0.15) is 16.8 Å². The van der Waals surface area contributed by atoms with E-state index in [1.165, 1.54) is 0 Å². The van der Waals surface area contributed by atoms with Gasteiger partial charge in [-0.3, -0.25) is 0 Å². The first-order chi connectivity index (χ1) is 7.61. The number of hydrogen-bond donors (Lipinski definition) is 3. The molecule has 1 heterocycles. The van der Waals surface area contributed by atoms with Gasteiger partial charge in [0.15, 0.2) is 0 Å². The second-order valence-electron chi connectivity index (χ2n) is 3.06. The average molecular weight is 244 g/mol. The number of carbonyl (C=O) groups is 1. The van der Waals surface area contributed by atoms with Crippen molar-refractivity contribution in [3.63, 3.8) is 0 Å². The number of carbonyl (C=O) groups excluding carboxylic acids is 1. The number of aryl methyl sites for hydroxylation is 1. The van der Waals surface area contributed by atoms with E-state index in [1.54, 1.807) is 6.07 Å². The van der Waals surface area contributed by atoms with Crippen LogP contribution < -0.4 is 16.4 Å². The van der Waals surface area contributed by atoms with Crippen LogP contribution in [0.3, 0.4) is 0 Å². The maximum atomic E-state index is 10.4. The molecule has 0 atom stereocenters. The Bertz CT molecular complexity index is 371. The van der Waals surface area contributed by atoms with Crippen LogP contribution in [0.4, 0.5) is 10.6 Å². The summed E-state index contributed by atoms with van der Waals surface area (Å²) in [6, 6.07) is 1.09. The van der Waals surface area contributed by atoms with E-state index in [-0.39, 0.29) is 0 Å². The van der Waals surface area contributed by atoms with Crippen LogP contribution in [0.2, 0.25) is 5.15 Å². The van der Waals surface area contributed by atoms with E-state index in [1.807, 2.05) is 6.92 Å². The summed E-state index contributed by atoms with van der Waals surface area (Å²) in [4.78, 5) is 18.7. The molecule has 0 saturated heterocycles. The van der Waals surface area contributed by atoms with Crippen LogP contribution in [0.5, 0.6) is 0 Å². The minimum Gasteiger partial charge on any atom is -0.368 e. The van der Waals surface area contributed by atoms with E-state index in [2.05, 4.69) is 20.6 Å². The standard InChI is InChI=1S/C9H14ClN5O/c1-2-7-14-6(10)5-8(15-7)12-3-4-13-9(11)16/h5H,2-4H2,1H3,(H3,11,13,16)(H,12,14,15). The molecule has 0 aliphatic rings. The lowest BCUT2D eigenvalue weighted by molar-refractivity contribution is 0.249. The number of hydrogen-bond acceptors (Lipinski definition) is 4. The number of aromatic nitrogens is 2. The summed E-state index contributed by atoms with van der Waals surface area (Å²) in [5.41, 5.74) is 4.92. The smallest absolute Gasteiger partial charge is 0.312 e. The zero-order chi connectivity index (χ0) is 12.0. The van der Waals surface area contributed by atoms with Crippen molar-refractivity contribution in [2.45, 2.75) is 13.3 Å². The summed E-state index contributed by atoms with van der Waals surface area (Å²) in [6.07, 6.45) is 0.717. The molecule has 1 rings (SSSR count). The molecule has 0 aliphatic heterocycles. The lowest BCUT2D eigenvalue weighted by atomic mass is 10.4. The summed E-state index contributed by atoms with van der Waals surface area (Å²) < 4.78 is 0. The highest BCUT2D eigenvalue weighted by molar-refractivity contribution is 6.29. The van der Waals surface area contributed by atoms with Crippen molar-refractivity contribution in [2.75, 3.05) is 18.4 Å². The predicted octanol–water partition coefficient (Wildman–Crippen LogP) is 0.773. The molecule has 0 fully saturated rings. The van der Waals surface area contributed by atoms with E-state index < -0.39 is 6.03 Å². The Balaban J connectivity index is 2.47. The van der Waals surface area contributed by atoms with Gasteiger partial charge in [-0.1, -0.05) is 18.5 Å². The van der Waals surface area contributed by atoms with Crippen molar-refractivity contribution >= 4 is 23.4 Å². The first kappa shape index (κ1) is 12.5. The number of urea groups is 1. The van der Waals surface area contributed by atoms with Crippen LogP contribution in [0.15, 0.2) is 6.07 Å². The molecule has 88 valence electrons. The third-order valence-corrected chi connectivity index (χ3v) is 1.98. The molecule has 7 heteroatoms. The molecule has 0 bridgehead atoms. The molecule has 0 saturated carbocycles. The van der Waals surface area contributed by atoms with Gasteiger partial charge < -0.3 is 16.4 Å². The monoisotopic (exact) mass is 243 g/mol. The molecule has 0 radical (unpaired) electrons. The molecular formula is C9H14ClN5O. The Hall–Kier alpha value is -1.56. The third-order valence-electron chi connectivity index (χ3n) is 1.79. The fourth-order valence-electron chi connectivity index (χ4n) is 1.09. The zero-order valence-electron chi connectivity index (χ0n) is 8.96. The van der Waals surface area contributed by atoms with Crippen molar-refractivity contribution < 1.29 is 4.79 Å². The Morgan fingerprint density at radius 1 is 1.50 bits per heavy atom. The van der Waals surface area contributed by atoms with E-state index in [9.17, 15) is 4.79 Å². The van der Waals surface area contributed by atoms with Crippen molar-refractivity contribution in [3.05, 3.63) is 17.0 Å². The van der Waals surface area contributed by atoms with Crippen molar-refractivity contribution in [1.29, 1.82) is 0 Å². The van der Waals surface area contributed by atoms with Crippen LogP contribution in [0.1, 0.15) is 12.7 Å². The van der Waals surface area contributed by atoms with Gasteiger partial charge in [0, 0.05) is 25.6 Å². The van der Waals surface area contributed by atoms with Gasteiger partial charge in [-0.25, -0.2) is 14.8 Å². The van der Waals surface area contributed by atoms with Gasteiger partial charge >= 0.3 is 6.03 Å². The van der Waals surface area contributed by atoms with Gasteiger partial charge in [-0.05, 0) is 0 Å². The number of nitrogens with one attached hydrogen (secondary N) is 2. The Morgan fingerprint density at radius 3 is 2.88 bits per heavy atom. The highest BCUT2D eigenvalue weighted by Gasteiger charge is 2.01. The molecule has 0 unspecified atom stereocenters. The second-order valence-corrected chi connectivity index (χ2v) is 3.45. The topological polar surface area (TPSA) is 92.9 Å².